The van der Waals surface area contributed by atoms with Crippen molar-refractivity contribution in [1.82, 2.24) is 19.3 Å². The van der Waals surface area contributed by atoms with E-state index in [1.165, 1.54) is 23.0 Å². The molecule has 106 valence electrons. The zero-order chi connectivity index (χ0) is 14.2. The van der Waals surface area contributed by atoms with Gasteiger partial charge in [-0.2, -0.15) is 4.31 Å². The molecule has 2 rings (SSSR count). The second kappa shape index (κ2) is 5.29. The minimum atomic E-state index is -3.77. The second-order valence-corrected chi connectivity index (χ2v) is 7.10. The Morgan fingerprint density at radius 1 is 1.42 bits per heavy atom. The van der Waals surface area contributed by atoms with Crippen LogP contribution in [0.1, 0.15) is 26.2 Å². The number of piperidine rings is 1. The Hall–Kier alpha value is -0.800. The molecule has 0 bridgehead atoms. The number of ketones is 1. The highest BCUT2D eigenvalue weighted by Gasteiger charge is 2.39. The number of aromatic nitrogens is 3. The number of aryl methyl sites for hydroxylation is 1. The maximum absolute atomic E-state index is 12.6. The molecule has 19 heavy (non-hydrogen) atoms. The largest absolute Gasteiger partial charge is 0.298 e. The van der Waals surface area contributed by atoms with Gasteiger partial charge in [0.15, 0.2) is 4.60 Å². The summed E-state index contributed by atoms with van der Waals surface area (Å²) < 4.78 is 27.9. The van der Waals surface area contributed by atoms with E-state index in [1.54, 1.807) is 0 Å². The second-order valence-electron chi connectivity index (χ2n) is 4.55. The van der Waals surface area contributed by atoms with Crippen LogP contribution in [0.4, 0.5) is 0 Å². The van der Waals surface area contributed by atoms with E-state index in [0.717, 1.165) is 12.8 Å². The van der Waals surface area contributed by atoms with Crippen LogP contribution in [0.3, 0.4) is 0 Å². The first-order valence-corrected chi connectivity index (χ1v) is 8.16. The summed E-state index contributed by atoms with van der Waals surface area (Å²) in [5.74, 6) is -0.130. The van der Waals surface area contributed by atoms with E-state index in [9.17, 15) is 13.2 Å². The van der Waals surface area contributed by atoms with Crippen molar-refractivity contribution < 1.29 is 13.2 Å². The molecule has 1 aliphatic heterocycles. The lowest BCUT2D eigenvalue weighted by Crippen LogP contribution is -2.47. The predicted molar refractivity (Wildman–Crippen MR) is 70.9 cm³/mol. The Bertz CT molecular complexity index is 578. The summed E-state index contributed by atoms with van der Waals surface area (Å²) in [7, 11) is -2.26. The van der Waals surface area contributed by atoms with Crippen LogP contribution < -0.4 is 0 Å². The van der Waals surface area contributed by atoms with Crippen molar-refractivity contribution in [3.8, 4) is 0 Å². The van der Waals surface area contributed by atoms with Crippen LogP contribution >= 0.6 is 15.9 Å². The van der Waals surface area contributed by atoms with Gasteiger partial charge in [-0.25, -0.2) is 13.1 Å². The minimum Gasteiger partial charge on any atom is -0.298 e. The summed E-state index contributed by atoms with van der Waals surface area (Å²) >= 11 is 3.09. The highest BCUT2D eigenvalue weighted by Crippen LogP contribution is 2.28. The molecule has 1 aliphatic rings. The number of rotatable bonds is 3. The highest BCUT2D eigenvalue weighted by molar-refractivity contribution is 9.10. The van der Waals surface area contributed by atoms with Crippen molar-refractivity contribution in [2.75, 3.05) is 6.54 Å². The summed E-state index contributed by atoms with van der Waals surface area (Å²) in [5, 5.41) is 7.35. The number of hydrogen-bond acceptors (Lipinski definition) is 5. The molecule has 0 aliphatic carbocycles. The quantitative estimate of drug-likeness (QED) is 0.801. The molecule has 1 saturated heterocycles. The Balaban J connectivity index is 2.46. The first-order valence-electron chi connectivity index (χ1n) is 5.93. The average molecular weight is 351 g/mol. The first kappa shape index (κ1) is 14.6. The molecular formula is C10H15BrN4O3S. The van der Waals surface area contributed by atoms with E-state index >= 15 is 0 Å². The van der Waals surface area contributed by atoms with Crippen molar-refractivity contribution in [3.63, 3.8) is 0 Å². The van der Waals surface area contributed by atoms with Gasteiger partial charge < -0.3 is 0 Å². The third-order valence-corrected chi connectivity index (χ3v) is 6.01. The van der Waals surface area contributed by atoms with Crippen LogP contribution in [0.2, 0.25) is 0 Å². The Labute approximate surface area is 120 Å². The van der Waals surface area contributed by atoms with Gasteiger partial charge in [-0.15, -0.1) is 5.10 Å². The molecule has 0 N–H and O–H groups in total. The summed E-state index contributed by atoms with van der Waals surface area (Å²) in [6.07, 6.45) is 2.18. The van der Waals surface area contributed by atoms with E-state index in [-0.39, 0.29) is 15.4 Å². The van der Waals surface area contributed by atoms with Crippen LogP contribution in [0, 0.1) is 0 Å². The number of carbonyl (C=O) groups excluding carboxylic acids is 1. The average Bonchev–Trinajstić information content (AvgIpc) is 2.69. The molecular weight excluding hydrogens is 336 g/mol. The lowest BCUT2D eigenvalue weighted by molar-refractivity contribution is -0.121. The molecule has 9 heteroatoms. The Morgan fingerprint density at radius 3 is 2.63 bits per heavy atom. The van der Waals surface area contributed by atoms with Crippen LogP contribution in [0.25, 0.3) is 0 Å². The normalized spacial score (nSPS) is 21.5. The smallest absolute Gasteiger partial charge is 0.263 e. The lowest BCUT2D eigenvalue weighted by Gasteiger charge is -2.32. The van der Waals surface area contributed by atoms with E-state index in [0.29, 0.717) is 13.0 Å². The Kier molecular flexibility index (Phi) is 4.07. The summed E-state index contributed by atoms with van der Waals surface area (Å²) in [4.78, 5) is 11.6. The molecule has 1 unspecified atom stereocenters. The fraction of sp³-hybridized carbons (Fsp3) is 0.700. The summed E-state index contributed by atoms with van der Waals surface area (Å²) in [5.41, 5.74) is 0. The third-order valence-electron chi connectivity index (χ3n) is 3.21. The monoisotopic (exact) mass is 350 g/mol. The number of Topliss-reactive ketones (excluding diaryl/α,β-unsaturated/α-hetero) is 1. The van der Waals surface area contributed by atoms with Crippen molar-refractivity contribution in [2.24, 2.45) is 7.05 Å². The van der Waals surface area contributed by atoms with Crippen LogP contribution in [-0.2, 0) is 21.9 Å². The maximum Gasteiger partial charge on any atom is 0.263 e. The van der Waals surface area contributed by atoms with Gasteiger partial charge in [-0.3, -0.25) is 4.79 Å². The molecule has 1 aromatic rings. The number of halogens is 1. The molecule has 0 radical (unpaired) electrons. The van der Waals surface area contributed by atoms with Gasteiger partial charge in [0.25, 0.3) is 10.0 Å². The SMILES string of the molecule is CC(=O)C1CCCCN1S(=O)(=O)c1c(Br)nnn1C. The first-order chi connectivity index (χ1) is 8.85. The topological polar surface area (TPSA) is 85.2 Å². The van der Waals surface area contributed by atoms with E-state index in [1.807, 2.05) is 0 Å². The van der Waals surface area contributed by atoms with Gasteiger partial charge in [0.2, 0.25) is 5.03 Å². The summed E-state index contributed by atoms with van der Waals surface area (Å²) in [6, 6.07) is -0.583. The fourth-order valence-corrected chi connectivity index (χ4v) is 5.05. The van der Waals surface area contributed by atoms with E-state index in [4.69, 9.17) is 0 Å². The van der Waals surface area contributed by atoms with E-state index in [2.05, 4.69) is 26.2 Å². The fourth-order valence-electron chi connectivity index (χ4n) is 2.31. The zero-order valence-corrected chi connectivity index (χ0v) is 13.1. The molecule has 1 aromatic heterocycles. The molecule has 0 saturated carbocycles. The summed E-state index contributed by atoms with van der Waals surface area (Å²) in [6.45, 7) is 1.78. The molecule has 7 nitrogen and oxygen atoms in total. The highest BCUT2D eigenvalue weighted by atomic mass is 79.9. The molecule has 0 spiro atoms. The minimum absolute atomic E-state index is 0.0133. The lowest BCUT2D eigenvalue weighted by atomic mass is 10.0. The number of sulfonamides is 1. The van der Waals surface area contributed by atoms with Gasteiger partial charge in [0.05, 0.1) is 6.04 Å². The number of nitrogens with zero attached hydrogens (tertiary/aromatic N) is 4. The molecule has 0 amide bonds. The number of hydrogen-bond donors (Lipinski definition) is 0. The van der Waals surface area contributed by atoms with Crippen LogP contribution in [-0.4, -0.2) is 46.1 Å². The maximum atomic E-state index is 12.6. The van der Waals surface area contributed by atoms with Gasteiger partial charge in [0, 0.05) is 13.6 Å². The van der Waals surface area contributed by atoms with Crippen molar-refractivity contribution in [1.29, 1.82) is 0 Å². The molecule has 1 fully saturated rings. The molecule has 0 aromatic carbocycles. The molecule has 2 heterocycles. The van der Waals surface area contributed by atoms with Gasteiger partial charge in [-0.05, 0) is 35.7 Å². The van der Waals surface area contributed by atoms with E-state index < -0.39 is 16.1 Å². The van der Waals surface area contributed by atoms with Gasteiger partial charge in [-0.1, -0.05) is 11.6 Å². The van der Waals surface area contributed by atoms with Crippen molar-refractivity contribution >= 4 is 31.7 Å². The van der Waals surface area contributed by atoms with Crippen molar-refractivity contribution in [2.45, 2.75) is 37.3 Å². The van der Waals surface area contributed by atoms with Crippen LogP contribution in [0.5, 0.6) is 0 Å². The number of carbonyl (C=O) groups is 1. The predicted octanol–water partition coefficient (Wildman–Crippen LogP) is 0.710. The zero-order valence-electron chi connectivity index (χ0n) is 10.7. The standard InChI is InChI=1S/C10H15BrN4O3S/c1-7(16)8-5-3-4-6-15(8)19(17,18)10-9(11)12-13-14(10)2/h8H,3-6H2,1-2H3. The van der Waals surface area contributed by atoms with Gasteiger partial charge >= 0.3 is 0 Å². The van der Waals surface area contributed by atoms with Crippen LogP contribution in [0.15, 0.2) is 9.63 Å². The Morgan fingerprint density at radius 2 is 2.11 bits per heavy atom. The van der Waals surface area contributed by atoms with Gasteiger partial charge in [0.1, 0.15) is 5.78 Å². The molecule has 1 atom stereocenters. The van der Waals surface area contributed by atoms with Crippen molar-refractivity contribution in [3.05, 3.63) is 4.60 Å². The third kappa shape index (κ3) is 2.59.